The first kappa shape index (κ1) is 13.4. The smallest absolute Gasteiger partial charge is 0.190 e. The van der Waals surface area contributed by atoms with E-state index < -0.39 is 0 Å². The number of benzene rings is 1. The second kappa shape index (κ2) is 5.29. The molecule has 0 bridgehead atoms. The number of hydrogen-bond acceptors (Lipinski definition) is 5. The minimum Gasteiger partial charge on any atom is -0.497 e. The Balaban J connectivity index is 2.83. The lowest BCUT2D eigenvalue weighted by Crippen LogP contribution is -2.11. The molecule has 0 aliphatic heterocycles. The fourth-order valence-corrected chi connectivity index (χ4v) is 2.03. The van der Waals surface area contributed by atoms with Crippen molar-refractivity contribution in [2.75, 3.05) is 14.2 Å². The molecule has 1 aliphatic carbocycles. The number of fused-ring (bicyclic) bond motifs is 1. The Bertz CT molecular complexity index is 714. The highest BCUT2D eigenvalue weighted by atomic mass is 16.5. The highest BCUT2D eigenvalue weighted by Crippen LogP contribution is 2.36. The number of carbonyl (C=O) groups excluding carboxylic acids is 1. The van der Waals surface area contributed by atoms with E-state index >= 15 is 0 Å². The summed E-state index contributed by atoms with van der Waals surface area (Å²) < 4.78 is 10.2. The van der Waals surface area contributed by atoms with Crippen LogP contribution in [-0.2, 0) is 4.74 Å². The Morgan fingerprint density at radius 3 is 2.35 bits per heavy atom. The van der Waals surface area contributed by atoms with Gasteiger partial charge in [-0.1, -0.05) is 0 Å². The maximum absolute atomic E-state index is 12.0. The van der Waals surface area contributed by atoms with Crippen LogP contribution in [0.4, 0.5) is 0 Å². The van der Waals surface area contributed by atoms with E-state index in [1.165, 1.54) is 20.3 Å². The van der Waals surface area contributed by atoms with Crippen LogP contribution in [0, 0.1) is 22.7 Å². The largest absolute Gasteiger partial charge is 0.497 e. The Kier molecular flexibility index (Phi) is 3.54. The summed E-state index contributed by atoms with van der Waals surface area (Å²) in [5, 5.41) is 18.2. The van der Waals surface area contributed by atoms with E-state index in [1.807, 2.05) is 12.1 Å². The monoisotopic (exact) mass is 266 g/mol. The SMILES string of the molecule is COC1=CC(=O)c2ccc(OC)cc2C1=C(C#N)C#N. The van der Waals surface area contributed by atoms with Gasteiger partial charge in [-0.2, -0.15) is 10.5 Å². The van der Waals surface area contributed by atoms with Crippen molar-refractivity contribution in [2.24, 2.45) is 0 Å². The maximum Gasteiger partial charge on any atom is 0.190 e. The second-order valence-electron chi connectivity index (χ2n) is 3.96. The quantitative estimate of drug-likeness (QED) is 0.766. The number of carbonyl (C=O) groups is 1. The predicted molar refractivity (Wildman–Crippen MR) is 70.6 cm³/mol. The van der Waals surface area contributed by atoms with E-state index in [9.17, 15) is 4.79 Å². The first-order valence-electron chi connectivity index (χ1n) is 5.69. The molecule has 0 N–H and O–H groups in total. The van der Waals surface area contributed by atoms with Crippen LogP contribution in [0.2, 0.25) is 0 Å². The zero-order valence-electron chi connectivity index (χ0n) is 10.9. The van der Waals surface area contributed by atoms with E-state index in [-0.39, 0.29) is 17.1 Å². The third-order valence-electron chi connectivity index (χ3n) is 2.96. The van der Waals surface area contributed by atoms with Crippen molar-refractivity contribution < 1.29 is 14.3 Å². The lowest BCUT2D eigenvalue weighted by atomic mass is 9.87. The van der Waals surface area contributed by atoms with Crippen LogP contribution in [0.15, 0.2) is 35.6 Å². The summed E-state index contributed by atoms with van der Waals surface area (Å²) in [6.45, 7) is 0. The highest BCUT2D eigenvalue weighted by Gasteiger charge is 2.26. The number of methoxy groups -OCH3 is 2. The zero-order valence-corrected chi connectivity index (χ0v) is 10.9. The van der Waals surface area contributed by atoms with Crippen molar-refractivity contribution in [3.05, 3.63) is 46.7 Å². The van der Waals surface area contributed by atoms with Crippen LogP contribution in [0.5, 0.6) is 5.75 Å². The van der Waals surface area contributed by atoms with Gasteiger partial charge in [-0.3, -0.25) is 4.79 Å². The van der Waals surface area contributed by atoms with Crippen LogP contribution in [-0.4, -0.2) is 20.0 Å². The van der Waals surface area contributed by atoms with Crippen LogP contribution in [0.3, 0.4) is 0 Å². The molecule has 1 aliphatic rings. The summed E-state index contributed by atoms with van der Waals surface area (Å²) in [4.78, 5) is 12.0. The minimum absolute atomic E-state index is 0.111. The first-order chi connectivity index (χ1) is 9.65. The molecular formula is C15H10N2O3. The lowest BCUT2D eigenvalue weighted by molar-refractivity contribution is 0.104. The first-order valence-corrected chi connectivity index (χ1v) is 5.69. The normalized spacial score (nSPS) is 12.7. The molecule has 0 radical (unpaired) electrons. The van der Waals surface area contributed by atoms with Gasteiger partial charge in [0.05, 0.1) is 19.8 Å². The fourth-order valence-electron chi connectivity index (χ4n) is 2.03. The minimum atomic E-state index is -0.238. The van der Waals surface area contributed by atoms with Gasteiger partial charge in [-0.05, 0) is 18.2 Å². The van der Waals surface area contributed by atoms with Gasteiger partial charge < -0.3 is 9.47 Å². The van der Waals surface area contributed by atoms with Gasteiger partial charge in [0.1, 0.15) is 29.2 Å². The molecule has 5 heteroatoms. The molecular weight excluding hydrogens is 256 g/mol. The number of ether oxygens (including phenoxy) is 2. The molecule has 2 rings (SSSR count). The van der Waals surface area contributed by atoms with E-state index in [0.29, 0.717) is 22.4 Å². The standard InChI is InChI=1S/C15H10N2O3/c1-19-10-3-4-11-12(5-10)15(9(7-16)8-17)14(20-2)6-13(11)18/h3-6H,1-2H3. The average molecular weight is 266 g/mol. The number of allylic oxidation sites excluding steroid dienone is 3. The third-order valence-corrected chi connectivity index (χ3v) is 2.96. The molecule has 5 nitrogen and oxygen atoms in total. The summed E-state index contributed by atoms with van der Waals surface area (Å²) >= 11 is 0. The number of nitriles is 2. The molecule has 1 aromatic carbocycles. The molecule has 0 heterocycles. The van der Waals surface area contributed by atoms with Crippen molar-refractivity contribution in [2.45, 2.75) is 0 Å². The van der Waals surface area contributed by atoms with Gasteiger partial charge in [-0.25, -0.2) is 0 Å². The van der Waals surface area contributed by atoms with E-state index in [0.717, 1.165) is 0 Å². The van der Waals surface area contributed by atoms with Crippen molar-refractivity contribution in [3.63, 3.8) is 0 Å². The number of hydrogen-bond donors (Lipinski definition) is 0. The molecule has 0 unspecified atom stereocenters. The van der Waals surface area contributed by atoms with Gasteiger partial charge in [0.15, 0.2) is 5.78 Å². The molecule has 0 fully saturated rings. The van der Waals surface area contributed by atoms with Gasteiger partial charge in [0, 0.05) is 17.2 Å². The number of nitrogens with zero attached hydrogens (tertiary/aromatic N) is 2. The van der Waals surface area contributed by atoms with Gasteiger partial charge >= 0.3 is 0 Å². The number of rotatable bonds is 2. The third kappa shape index (κ3) is 2.02. The summed E-state index contributed by atoms with van der Waals surface area (Å²) in [5.74, 6) is 0.494. The molecule has 98 valence electrons. The Morgan fingerprint density at radius 1 is 1.10 bits per heavy atom. The van der Waals surface area contributed by atoms with E-state index in [4.69, 9.17) is 20.0 Å². The Hall–Kier alpha value is -3.05. The summed E-state index contributed by atoms with van der Waals surface area (Å²) in [6, 6.07) is 8.52. The zero-order chi connectivity index (χ0) is 14.7. The molecule has 0 saturated heterocycles. The van der Waals surface area contributed by atoms with Gasteiger partial charge in [0.25, 0.3) is 0 Å². The summed E-state index contributed by atoms with van der Waals surface area (Å²) in [5.41, 5.74) is 1.07. The molecule has 0 amide bonds. The second-order valence-corrected chi connectivity index (χ2v) is 3.96. The van der Waals surface area contributed by atoms with Crippen LogP contribution in [0.25, 0.3) is 5.57 Å². The van der Waals surface area contributed by atoms with Crippen LogP contribution < -0.4 is 4.74 Å². The molecule has 0 atom stereocenters. The average Bonchev–Trinajstić information content (AvgIpc) is 2.49. The summed E-state index contributed by atoms with van der Waals surface area (Å²) in [6.07, 6.45) is 1.28. The molecule has 0 spiro atoms. The molecule has 0 saturated carbocycles. The predicted octanol–water partition coefficient (Wildman–Crippen LogP) is 2.22. The lowest BCUT2D eigenvalue weighted by Gasteiger charge is -2.19. The van der Waals surface area contributed by atoms with Gasteiger partial charge in [0.2, 0.25) is 0 Å². The van der Waals surface area contributed by atoms with E-state index in [1.54, 1.807) is 18.2 Å². The number of ketones is 1. The van der Waals surface area contributed by atoms with Crippen molar-refractivity contribution >= 4 is 11.4 Å². The Labute approximate surface area is 116 Å². The fraction of sp³-hybridized carbons (Fsp3) is 0.133. The Morgan fingerprint density at radius 2 is 1.80 bits per heavy atom. The van der Waals surface area contributed by atoms with Crippen LogP contribution in [0.1, 0.15) is 15.9 Å². The maximum atomic E-state index is 12.0. The van der Waals surface area contributed by atoms with E-state index in [2.05, 4.69) is 0 Å². The van der Waals surface area contributed by atoms with Gasteiger partial charge in [-0.15, -0.1) is 0 Å². The van der Waals surface area contributed by atoms with Crippen molar-refractivity contribution in [1.82, 2.24) is 0 Å². The topological polar surface area (TPSA) is 83.1 Å². The van der Waals surface area contributed by atoms with Crippen molar-refractivity contribution in [1.29, 1.82) is 10.5 Å². The van der Waals surface area contributed by atoms with Crippen LogP contribution >= 0.6 is 0 Å². The molecule has 1 aromatic rings. The highest BCUT2D eigenvalue weighted by molar-refractivity contribution is 6.14. The van der Waals surface area contributed by atoms with Crippen molar-refractivity contribution in [3.8, 4) is 17.9 Å². The molecule has 20 heavy (non-hydrogen) atoms. The molecule has 0 aromatic heterocycles. The summed E-state index contributed by atoms with van der Waals surface area (Å²) in [7, 11) is 2.88.